The van der Waals surface area contributed by atoms with Gasteiger partial charge in [0.1, 0.15) is 6.61 Å². The number of ether oxygens (including phenoxy) is 1. The van der Waals surface area contributed by atoms with Gasteiger partial charge in [0.05, 0.1) is 5.92 Å². The van der Waals surface area contributed by atoms with E-state index >= 15 is 0 Å². The van der Waals surface area contributed by atoms with Crippen LogP contribution < -0.4 is 5.32 Å². The molecule has 0 aliphatic carbocycles. The maximum absolute atomic E-state index is 11.8. The van der Waals surface area contributed by atoms with E-state index in [0.717, 1.165) is 24.3 Å². The minimum atomic E-state index is -0.0400. The molecule has 0 aromatic carbocycles. The highest BCUT2D eigenvalue weighted by Gasteiger charge is 2.25. The number of piperidine rings is 1. The van der Waals surface area contributed by atoms with Gasteiger partial charge in [-0.25, -0.2) is 0 Å². The van der Waals surface area contributed by atoms with Crippen LogP contribution in [-0.4, -0.2) is 18.6 Å². The monoisotopic (exact) mass is 239 g/mol. The van der Waals surface area contributed by atoms with Gasteiger partial charge in [0, 0.05) is 10.9 Å². The zero-order chi connectivity index (χ0) is 11.4. The van der Waals surface area contributed by atoms with Gasteiger partial charge in [-0.3, -0.25) is 4.79 Å². The molecule has 0 bridgehead atoms. The molecule has 2 atom stereocenters. The summed E-state index contributed by atoms with van der Waals surface area (Å²) in [5.74, 6) is 0.0398. The molecule has 1 aromatic rings. The Morgan fingerprint density at radius 2 is 2.56 bits per heavy atom. The van der Waals surface area contributed by atoms with E-state index in [9.17, 15) is 4.79 Å². The molecule has 0 saturated carbocycles. The predicted octanol–water partition coefficient (Wildman–Crippen LogP) is 2.18. The van der Waals surface area contributed by atoms with Crippen molar-refractivity contribution in [3.8, 4) is 0 Å². The van der Waals surface area contributed by atoms with Crippen LogP contribution in [-0.2, 0) is 16.1 Å². The van der Waals surface area contributed by atoms with Crippen LogP contribution in [0.25, 0.3) is 0 Å². The van der Waals surface area contributed by atoms with Gasteiger partial charge in [-0.1, -0.05) is 6.07 Å². The lowest BCUT2D eigenvalue weighted by Crippen LogP contribution is -2.39. The molecule has 16 heavy (non-hydrogen) atoms. The molecular weight excluding hydrogens is 222 g/mol. The number of nitrogens with one attached hydrogen (secondary N) is 1. The fourth-order valence-electron chi connectivity index (χ4n) is 2.00. The van der Waals surface area contributed by atoms with Gasteiger partial charge in [-0.15, -0.1) is 11.3 Å². The van der Waals surface area contributed by atoms with Gasteiger partial charge in [0.15, 0.2) is 0 Å². The third kappa shape index (κ3) is 3.06. The van der Waals surface area contributed by atoms with Crippen molar-refractivity contribution in [2.75, 3.05) is 6.54 Å². The molecule has 3 nitrogen and oxygen atoms in total. The quantitative estimate of drug-likeness (QED) is 0.822. The Kier molecular flexibility index (Phi) is 3.96. The van der Waals surface area contributed by atoms with Crippen molar-refractivity contribution >= 4 is 17.3 Å². The molecule has 0 amide bonds. The van der Waals surface area contributed by atoms with Gasteiger partial charge in [0.2, 0.25) is 0 Å². The summed E-state index contributed by atoms with van der Waals surface area (Å²) in [6, 6.07) is 4.39. The molecule has 0 radical (unpaired) electrons. The highest BCUT2D eigenvalue weighted by Crippen LogP contribution is 2.19. The Morgan fingerprint density at radius 1 is 1.69 bits per heavy atom. The third-order valence-corrected chi connectivity index (χ3v) is 3.74. The van der Waals surface area contributed by atoms with Crippen LogP contribution in [0.5, 0.6) is 0 Å². The SMILES string of the molecule is CC1CC(C(=O)OCc2cccs2)CCN1. The van der Waals surface area contributed by atoms with Crippen molar-refractivity contribution in [1.29, 1.82) is 0 Å². The first kappa shape index (κ1) is 11.6. The molecule has 88 valence electrons. The summed E-state index contributed by atoms with van der Waals surface area (Å²) in [7, 11) is 0. The van der Waals surface area contributed by atoms with Crippen molar-refractivity contribution < 1.29 is 9.53 Å². The smallest absolute Gasteiger partial charge is 0.309 e. The number of carbonyl (C=O) groups excluding carboxylic acids is 1. The van der Waals surface area contributed by atoms with E-state index in [1.54, 1.807) is 11.3 Å². The second kappa shape index (κ2) is 5.46. The van der Waals surface area contributed by atoms with Crippen LogP contribution in [0.3, 0.4) is 0 Å². The van der Waals surface area contributed by atoms with Gasteiger partial charge in [-0.05, 0) is 37.8 Å². The molecule has 1 aliphatic heterocycles. The lowest BCUT2D eigenvalue weighted by Gasteiger charge is -2.26. The second-order valence-corrected chi connectivity index (χ2v) is 5.30. The summed E-state index contributed by atoms with van der Waals surface area (Å²) in [6.07, 6.45) is 1.79. The van der Waals surface area contributed by atoms with Crippen molar-refractivity contribution in [2.24, 2.45) is 5.92 Å². The van der Waals surface area contributed by atoms with Crippen LogP contribution >= 0.6 is 11.3 Å². The van der Waals surface area contributed by atoms with Crippen molar-refractivity contribution in [2.45, 2.75) is 32.4 Å². The largest absolute Gasteiger partial charge is 0.460 e. The fraction of sp³-hybridized carbons (Fsp3) is 0.583. The van der Waals surface area contributed by atoms with E-state index in [1.807, 2.05) is 17.5 Å². The standard InChI is InChI=1S/C12H17NO2S/c1-9-7-10(4-5-13-9)12(14)15-8-11-3-2-6-16-11/h2-3,6,9-10,13H,4-5,7-8H2,1H3. The molecular formula is C12H17NO2S. The Bertz CT molecular complexity index is 337. The summed E-state index contributed by atoms with van der Waals surface area (Å²) < 4.78 is 5.32. The van der Waals surface area contributed by atoms with Gasteiger partial charge in [-0.2, -0.15) is 0 Å². The Morgan fingerprint density at radius 3 is 3.25 bits per heavy atom. The van der Waals surface area contributed by atoms with Crippen LogP contribution in [0.4, 0.5) is 0 Å². The highest BCUT2D eigenvalue weighted by atomic mass is 32.1. The molecule has 0 spiro atoms. The molecule has 1 aromatic heterocycles. The molecule has 1 saturated heterocycles. The van der Waals surface area contributed by atoms with Gasteiger partial charge >= 0.3 is 5.97 Å². The number of carbonyl (C=O) groups is 1. The normalized spacial score (nSPS) is 25.3. The number of rotatable bonds is 3. The minimum absolute atomic E-state index is 0.0400. The third-order valence-electron chi connectivity index (χ3n) is 2.89. The zero-order valence-corrected chi connectivity index (χ0v) is 10.3. The van der Waals surface area contributed by atoms with Crippen LogP contribution in [0.1, 0.15) is 24.6 Å². The first-order chi connectivity index (χ1) is 7.75. The maximum Gasteiger partial charge on any atom is 0.309 e. The summed E-state index contributed by atoms with van der Waals surface area (Å²) in [6.45, 7) is 3.45. The Labute approximate surface area is 99.8 Å². The minimum Gasteiger partial charge on any atom is -0.460 e. The maximum atomic E-state index is 11.8. The first-order valence-electron chi connectivity index (χ1n) is 5.68. The second-order valence-electron chi connectivity index (χ2n) is 4.26. The molecule has 4 heteroatoms. The Balaban J connectivity index is 1.79. The summed E-state index contributed by atoms with van der Waals surface area (Å²) in [5, 5.41) is 5.33. The summed E-state index contributed by atoms with van der Waals surface area (Å²) in [4.78, 5) is 12.9. The lowest BCUT2D eigenvalue weighted by molar-refractivity contribution is -0.151. The van der Waals surface area contributed by atoms with E-state index in [-0.39, 0.29) is 11.9 Å². The van der Waals surface area contributed by atoms with Gasteiger partial charge < -0.3 is 10.1 Å². The van der Waals surface area contributed by atoms with Crippen LogP contribution in [0.2, 0.25) is 0 Å². The molecule has 2 rings (SSSR count). The van der Waals surface area contributed by atoms with Crippen molar-refractivity contribution in [3.05, 3.63) is 22.4 Å². The zero-order valence-electron chi connectivity index (χ0n) is 9.44. The van der Waals surface area contributed by atoms with Crippen LogP contribution in [0.15, 0.2) is 17.5 Å². The summed E-state index contributed by atoms with van der Waals surface area (Å²) >= 11 is 1.62. The average Bonchev–Trinajstić information content (AvgIpc) is 2.78. The molecule has 2 heterocycles. The number of thiophene rings is 1. The topological polar surface area (TPSA) is 38.3 Å². The van der Waals surface area contributed by atoms with Crippen molar-refractivity contribution in [3.63, 3.8) is 0 Å². The van der Waals surface area contributed by atoms with E-state index < -0.39 is 0 Å². The number of hydrogen-bond donors (Lipinski definition) is 1. The lowest BCUT2D eigenvalue weighted by atomic mass is 9.93. The average molecular weight is 239 g/mol. The molecule has 2 unspecified atom stereocenters. The first-order valence-corrected chi connectivity index (χ1v) is 6.56. The summed E-state index contributed by atoms with van der Waals surface area (Å²) in [5.41, 5.74) is 0. The number of hydrogen-bond acceptors (Lipinski definition) is 4. The van der Waals surface area contributed by atoms with E-state index in [0.29, 0.717) is 12.6 Å². The number of esters is 1. The van der Waals surface area contributed by atoms with Gasteiger partial charge in [0.25, 0.3) is 0 Å². The Hall–Kier alpha value is -0.870. The highest BCUT2D eigenvalue weighted by molar-refractivity contribution is 7.09. The predicted molar refractivity (Wildman–Crippen MR) is 64.3 cm³/mol. The van der Waals surface area contributed by atoms with E-state index in [1.165, 1.54) is 0 Å². The molecule has 1 N–H and O–H groups in total. The molecule has 1 aliphatic rings. The molecule has 1 fully saturated rings. The van der Waals surface area contributed by atoms with E-state index in [2.05, 4.69) is 12.2 Å². The van der Waals surface area contributed by atoms with Crippen LogP contribution in [0, 0.1) is 5.92 Å². The fourth-order valence-corrected chi connectivity index (χ4v) is 2.62. The van der Waals surface area contributed by atoms with Crippen molar-refractivity contribution in [1.82, 2.24) is 5.32 Å². The van der Waals surface area contributed by atoms with E-state index in [4.69, 9.17) is 4.74 Å².